The maximum absolute atomic E-state index is 13.1. The van der Waals surface area contributed by atoms with E-state index < -0.39 is 0 Å². The minimum Gasteiger partial charge on any atom is -0.477 e. The van der Waals surface area contributed by atoms with Gasteiger partial charge in [-0.25, -0.2) is 4.39 Å². The van der Waals surface area contributed by atoms with Crippen LogP contribution in [0.5, 0.6) is 5.75 Å². The molecule has 3 heterocycles. The molecule has 2 aliphatic heterocycles. The maximum Gasteiger partial charge on any atom is 0.258 e. The summed E-state index contributed by atoms with van der Waals surface area (Å²) in [7, 11) is 0. The van der Waals surface area contributed by atoms with E-state index in [1.165, 1.54) is 24.5 Å². The van der Waals surface area contributed by atoms with E-state index >= 15 is 0 Å². The van der Waals surface area contributed by atoms with Crippen molar-refractivity contribution in [3.05, 3.63) is 58.4 Å². The summed E-state index contributed by atoms with van der Waals surface area (Å²) in [5.74, 6) is 0.0136. The summed E-state index contributed by atoms with van der Waals surface area (Å²) in [6, 6.07) is 7.91. The number of ether oxygens (including phenoxy) is 2. The van der Waals surface area contributed by atoms with Crippen molar-refractivity contribution in [3.8, 4) is 5.75 Å². The normalized spacial score (nSPS) is 19.2. The summed E-state index contributed by atoms with van der Waals surface area (Å²) >= 11 is 0. The standard InChI is InChI=1S/C23H28FN3O5/c24-17-3-5-18(6-4-17)27-9-7-26(8-10-27)14-20-12-21(28)22(15-31-20)32-16-23(29)25-13-19-2-1-11-30-19/h3-6,12,15,19H,1-2,7-11,13-14,16H2,(H,25,29)/t19-/m0/s1. The highest BCUT2D eigenvalue weighted by atomic mass is 19.1. The van der Waals surface area contributed by atoms with E-state index in [9.17, 15) is 14.0 Å². The molecule has 0 unspecified atom stereocenters. The molecule has 172 valence electrons. The number of carbonyl (C=O) groups excluding carboxylic acids is 1. The van der Waals surface area contributed by atoms with Gasteiger partial charge in [0, 0.05) is 51.1 Å². The number of piperazine rings is 1. The highest BCUT2D eigenvalue weighted by Crippen LogP contribution is 2.18. The molecule has 1 aromatic carbocycles. The molecule has 0 spiro atoms. The lowest BCUT2D eigenvalue weighted by atomic mass is 10.2. The summed E-state index contributed by atoms with van der Waals surface area (Å²) in [5.41, 5.74) is 0.682. The fourth-order valence-corrected chi connectivity index (χ4v) is 3.89. The zero-order valence-electron chi connectivity index (χ0n) is 17.9. The lowest BCUT2D eigenvalue weighted by Gasteiger charge is -2.35. The van der Waals surface area contributed by atoms with Gasteiger partial charge < -0.3 is 24.1 Å². The number of anilines is 1. The topological polar surface area (TPSA) is 84.2 Å². The number of amides is 1. The molecule has 2 aliphatic rings. The first kappa shape index (κ1) is 22.3. The zero-order chi connectivity index (χ0) is 22.3. The lowest BCUT2D eigenvalue weighted by molar-refractivity contribution is -0.123. The van der Waals surface area contributed by atoms with Gasteiger partial charge in [0.2, 0.25) is 11.2 Å². The molecule has 0 radical (unpaired) electrons. The van der Waals surface area contributed by atoms with Gasteiger partial charge in [0.1, 0.15) is 17.8 Å². The Morgan fingerprint density at radius 3 is 2.66 bits per heavy atom. The van der Waals surface area contributed by atoms with Gasteiger partial charge in [-0.3, -0.25) is 14.5 Å². The first-order valence-corrected chi connectivity index (χ1v) is 10.9. The van der Waals surface area contributed by atoms with Crippen molar-refractivity contribution >= 4 is 11.6 Å². The van der Waals surface area contributed by atoms with Gasteiger partial charge in [-0.2, -0.15) is 0 Å². The van der Waals surface area contributed by atoms with Gasteiger partial charge in [0.25, 0.3) is 5.91 Å². The Kier molecular flexibility index (Phi) is 7.39. The number of hydrogen-bond donors (Lipinski definition) is 1. The Hall–Kier alpha value is -2.91. The first-order valence-electron chi connectivity index (χ1n) is 10.9. The van der Waals surface area contributed by atoms with Crippen molar-refractivity contribution in [1.82, 2.24) is 10.2 Å². The van der Waals surface area contributed by atoms with Crippen LogP contribution >= 0.6 is 0 Å². The van der Waals surface area contributed by atoms with Crippen molar-refractivity contribution in [3.63, 3.8) is 0 Å². The Morgan fingerprint density at radius 2 is 1.97 bits per heavy atom. The number of nitrogens with one attached hydrogen (secondary N) is 1. The van der Waals surface area contributed by atoms with Gasteiger partial charge in [-0.05, 0) is 37.1 Å². The largest absolute Gasteiger partial charge is 0.477 e. The second-order valence-electron chi connectivity index (χ2n) is 8.04. The molecule has 2 saturated heterocycles. The number of benzene rings is 1. The van der Waals surface area contributed by atoms with Crippen molar-refractivity contribution in [1.29, 1.82) is 0 Å². The van der Waals surface area contributed by atoms with E-state index in [-0.39, 0.29) is 35.6 Å². The van der Waals surface area contributed by atoms with Crippen LogP contribution in [0.4, 0.5) is 10.1 Å². The lowest BCUT2D eigenvalue weighted by Crippen LogP contribution is -2.46. The third-order valence-electron chi connectivity index (χ3n) is 5.71. The molecule has 8 nitrogen and oxygen atoms in total. The van der Waals surface area contributed by atoms with Gasteiger partial charge in [0.15, 0.2) is 6.61 Å². The molecule has 1 amide bonds. The van der Waals surface area contributed by atoms with Gasteiger partial charge in [-0.1, -0.05) is 0 Å². The second kappa shape index (κ2) is 10.6. The van der Waals surface area contributed by atoms with Crippen LogP contribution in [0.1, 0.15) is 18.6 Å². The van der Waals surface area contributed by atoms with E-state index in [4.69, 9.17) is 13.9 Å². The minimum absolute atomic E-state index is 0.0159. The number of nitrogens with zero attached hydrogens (tertiary/aromatic N) is 2. The molecule has 4 rings (SSSR count). The quantitative estimate of drug-likeness (QED) is 0.663. The Labute approximate surface area is 185 Å². The van der Waals surface area contributed by atoms with Gasteiger partial charge in [-0.15, -0.1) is 0 Å². The smallest absolute Gasteiger partial charge is 0.258 e. The second-order valence-corrected chi connectivity index (χ2v) is 8.04. The molecule has 2 fully saturated rings. The van der Waals surface area contributed by atoms with Crippen LogP contribution in [0, 0.1) is 5.82 Å². The third kappa shape index (κ3) is 6.08. The Balaban J connectivity index is 1.21. The van der Waals surface area contributed by atoms with Gasteiger partial charge >= 0.3 is 0 Å². The zero-order valence-corrected chi connectivity index (χ0v) is 17.9. The average molecular weight is 445 g/mol. The van der Waals surface area contributed by atoms with Crippen LogP contribution in [0.2, 0.25) is 0 Å². The number of carbonyl (C=O) groups is 1. The Bertz CT molecular complexity index is 951. The fraction of sp³-hybridized carbons (Fsp3) is 0.478. The van der Waals surface area contributed by atoms with Crippen LogP contribution in [0.15, 0.2) is 45.8 Å². The molecular formula is C23H28FN3O5. The average Bonchev–Trinajstić information content (AvgIpc) is 3.32. The molecule has 2 aromatic rings. The van der Waals surface area contributed by atoms with Crippen molar-refractivity contribution in [2.24, 2.45) is 0 Å². The van der Waals surface area contributed by atoms with E-state index in [0.717, 1.165) is 51.3 Å². The monoisotopic (exact) mass is 445 g/mol. The third-order valence-corrected chi connectivity index (χ3v) is 5.71. The predicted molar refractivity (Wildman–Crippen MR) is 116 cm³/mol. The summed E-state index contributed by atoms with van der Waals surface area (Å²) in [6.45, 7) is 4.64. The SMILES string of the molecule is O=C(COc1coc(CN2CCN(c3ccc(F)cc3)CC2)cc1=O)NC[C@@H]1CCCO1. The summed E-state index contributed by atoms with van der Waals surface area (Å²) < 4.78 is 29.4. The summed E-state index contributed by atoms with van der Waals surface area (Å²) in [5, 5.41) is 2.75. The molecule has 1 N–H and O–H groups in total. The van der Waals surface area contributed by atoms with Crippen LogP contribution in [0.3, 0.4) is 0 Å². The molecule has 0 saturated carbocycles. The van der Waals surface area contributed by atoms with Crippen LogP contribution in [-0.2, 0) is 16.1 Å². The molecule has 32 heavy (non-hydrogen) atoms. The summed E-state index contributed by atoms with van der Waals surface area (Å²) in [4.78, 5) is 28.6. The van der Waals surface area contributed by atoms with Crippen LogP contribution in [-0.4, -0.2) is 62.8 Å². The molecule has 9 heteroatoms. The van der Waals surface area contributed by atoms with E-state index in [1.807, 2.05) is 0 Å². The van der Waals surface area contributed by atoms with E-state index in [2.05, 4.69) is 15.1 Å². The predicted octanol–water partition coefficient (Wildman–Crippen LogP) is 1.78. The minimum atomic E-state index is -0.317. The molecule has 0 aliphatic carbocycles. The molecule has 0 bridgehead atoms. The first-order chi connectivity index (χ1) is 15.6. The highest BCUT2D eigenvalue weighted by Gasteiger charge is 2.19. The van der Waals surface area contributed by atoms with Crippen LogP contribution in [0.25, 0.3) is 0 Å². The van der Waals surface area contributed by atoms with Crippen LogP contribution < -0.4 is 20.4 Å². The number of hydrogen-bond acceptors (Lipinski definition) is 7. The molecule has 1 aromatic heterocycles. The van der Waals surface area contributed by atoms with Crippen molar-refractivity contribution in [2.75, 3.05) is 50.8 Å². The van der Waals surface area contributed by atoms with Crippen molar-refractivity contribution < 1.29 is 23.1 Å². The maximum atomic E-state index is 13.1. The summed E-state index contributed by atoms with van der Waals surface area (Å²) in [6.07, 6.45) is 3.27. The van der Waals surface area contributed by atoms with Crippen molar-refractivity contribution in [2.45, 2.75) is 25.5 Å². The molecule has 1 atom stereocenters. The van der Waals surface area contributed by atoms with Gasteiger partial charge in [0.05, 0.1) is 12.6 Å². The highest BCUT2D eigenvalue weighted by molar-refractivity contribution is 5.77. The number of rotatable bonds is 8. The molecular weight excluding hydrogens is 417 g/mol. The Morgan fingerprint density at radius 1 is 1.19 bits per heavy atom. The number of halogens is 1. The fourth-order valence-electron chi connectivity index (χ4n) is 3.89. The van der Waals surface area contributed by atoms with E-state index in [1.54, 1.807) is 12.1 Å². The van der Waals surface area contributed by atoms with E-state index in [0.29, 0.717) is 18.8 Å².